The molecule has 2 rings (SSSR count). The minimum atomic E-state index is -0.448. The van der Waals surface area contributed by atoms with Crippen molar-refractivity contribution in [3.8, 4) is 5.75 Å². The molecule has 5 heteroatoms. The van der Waals surface area contributed by atoms with Crippen molar-refractivity contribution in [1.29, 1.82) is 0 Å². The van der Waals surface area contributed by atoms with Crippen LogP contribution in [-0.2, 0) is 4.79 Å². The van der Waals surface area contributed by atoms with E-state index in [0.29, 0.717) is 5.75 Å². The Labute approximate surface area is 142 Å². The molecule has 24 heavy (non-hydrogen) atoms. The first kappa shape index (κ1) is 17.5. The average molecular weight is 325 g/mol. The molecule has 0 unspecified atom stereocenters. The van der Waals surface area contributed by atoms with Gasteiger partial charge in [-0.15, -0.1) is 0 Å². The Morgan fingerprint density at radius 1 is 1.12 bits per heavy atom. The fraction of sp³-hybridized carbons (Fsp3) is 0.263. The van der Waals surface area contributed by atoms with E-state index < -0.39 is 6.04 Å². The lowest BCUT2D eigenvalue weighted by atomic mass is 10.1. The van der Waals surface area contributed by atoms with Crippen molar-refractivity contribution < 1.29 is 9.53 Å². The molecule has 126 valence electrons. The maximum atomic E-state index is 12.2. The van der Waals surface area contributed by atoms with Gasteiger partial charge in [0.2, 0.25) is 0 Å². The molecule has 5 nitrogen and oxygen atoms in total. The van der Waals surface area contributed by atoms with Crippen molar-refractivity contribution in [3.63, 3.8) is 0 Å². The summed E-state index contributed by atoms with van der Waals surface area (Å²) in [5, 5.41) is 7.30. The van der Waals surface area contributed by atoms with Crippen LogP contribution in [0.3, 0.4) is 0 Å². The maximum absolute atomic E-state index is 12.2. The van der Waals surface area contributed by atoms with Crippen molar-refractivity contribution in [2.75, 3.05) is 12.4 Å². The Balaban J connectivity index is 1.98. The zero-order chi connectivity index (χ0) is 17.5. The Morgan fingerprint density at radius 2 is 1.79 bits per heavy atom. The number of hydrazone groups is 1. The highest BCUT2D eigenvalue weighted by Crippen LogP contribution is 2.23. The van der Waals surface area contributed by atoms with Crippen LogP contribution in [0.2, 0.25) is 0 Å². The number of hydrogen-bond donors (Lipinski definition) is 2. The summed E-state index contributed by atoms with van der Waals surface area (Å²) in [6.07, 6.45) is 0. The summed E-state index contributed by atoms with van der Waals surface area (Å²) in [5.74, 6) is 0.476. The van der Waals surface area contributed by atoms with E-state index in [1.54, 1.807) is 14.0 Å². The number of hydrogen-bond acceptors (Lipinski definition) is 4. The standard InChI is InChI=1S/C19H23N3O2/c1-13-9-11-16(12-10-13)14(2)21-22-19(23)15(3)20-17-7-5-6-8-18(17)24-4/h5-12,15,20H,1-4H3,(H,22,23)/t15-/m1/s1. The number of anilines is 1. The topological polar surface area (TPSA) is 62.7 Å². The van der Waals surface area contributed by atoms with Gasteiger partial charge in [0.05, 0.1) is 18.5 Å². The van der Waals surface area contributed by atoms with Gasteiger partial charge in [0.15, 0.2) is 0 Å². The first-order valence-corrected chi connectivity index (χ1v) is 7.82. The molecule has 0 bridgehead atoms. The zero-order valence-electron chi connectivity index (χ0n) is 14.5. The number of rotatable bonds is 6. The lowest BCUT2D eigenvalue weighted by Crippen LogP contribution is -2.35. The molecule has 2 aromatic rings. The number of benzene rings is 2. The SMILES string of the molecule is COc1ccccc1N[C@H](C)C(=O)NN=C(C)c1ccc(C)cc1. The first-order valence-electron chi connectivity index (χ1n) is 7.82. The molecule has 0 spiro atoms. The summed E-state index contributed by atoms with van der Waals surface area (Å²) in [5.41, 5.74) is 6.29. The van der Waals surface area contributed by atoms with Crippen LogP contribution in [0, 0.1) is 6.92 Å². The molecular weight excluding hydrogens is 302 g/mol. The highest BCUT2D eigenvalue weighted by Gasteiger charge is 2.14. The monoisotopic (exact) mass is 325 g/mol. The van der Waals surface area contributed by atoms with Crippen molar-refractivity contribution in [2.24, 2.45) is 5.10 Å². The highest BCUT2D eigenvalue weighted by atomic mass is 16.5. The zero-order valence-corrected chi connectivity index (χ0v) is 14.5. The fourth-order valence-corrected chi connectivity index (χ4v) is 2.16. The largest absolute Gasteiger partial charge is 0.495 e. The molecule has 1 atom stereocenters. The summed E-state index contributed by atoms with van der Waals surface area (Å²) in [7, 11) is 1.60. The fourth-order valence-electron chi connectivity index (χ4n) is 2.16. The van der Waals surface area contributed by atoms with Gasteiger partial charge in [0, 0.05) is 0 Å². The van der Waals surface area contributed by atoms with Crippen LogP contribution >= 0.6 is 0 Å². The number of aryl methyl sites for hydroxylation is 1. The van der Waals surface area contributed by atoms with Crippen LogP contribution in [0.1, 0.15) is 25.0 Å². The number of nitrogens with zero attached hydrogens (tertiary/aromatic N) is 1. The summed E-state index contributed by atoms with van der Waals surface area (Å²) >= 11 is 0. The van der Waals surface area contributed by atoms with Crippen LogP contribution in [0.25, 0.3) is 0 Å². The van der Waals surface area contributed by atoms with Crippen molar-refractivity contribution >= 4 is 17.3 Å². The summed E-state index contributed by atoms with van der Waals surface area (Å²) in [6, 6.07) is 15.0. The smallest absolute Gasteiger partial charge is 0.262 e. The van der Waals surface area contributed by atoms with Crippen molar-refractivity contribution in [2.45, 2.75) is 26.8 Å². The van der Waals surface area contributed by atoms with Crippen LogP contribution in [0.5, 0.6) is 5.75 Å². The Hall–Kier alpha value is -2.82. The number of ether oxygens (including phenoxy) is 1. The third kappa shape index (κ3) is 4.59. The normalized spacial score (nSPS) is 12.4. The second-order valence-electron chi connectivity index (χ2n) is 5.61. The van der Waals surface area contributed by atoms with E-state index in [0.717, 1.165) is 17.0 Å². The third-order valence-electron chi connectivity index (χ3n) is 3.68. The molecule has 2 aromatic carbocycles. The maximum Gasteiger partial charge on any atom is 0.262 e. The van der Waals surface area contributed by atoms with E-state index in [2.05, 4.69) is 15.8 Å². The van der Waals surface area contributed by atoms with E-state index in [1.165, 1.54) is 5.56 Å². The summed E-state index contributed by atoms with van der Waals surface area (Å²) in [6.45, 7) is 5.67. The van der Waals surface area contributed by atoms with E-state index in [4.69, 9.17) is 4.74 Å². The second-order valence-corrected chi connectivity index (χ2v) is 5.61. The molecule has 0 radical (unpaired) electrons. The van der Waals surface area contributed by atoms with Gasteiger partial charge in [0.1, 0.15) is 11.8 Å². The number of carbonyl (C=O) groups excluding carboxylic acids is 1. The van der Waals surface area contributed by atoms with Crippen molar-refractivity contribution in [3.05, 3.63) is 59.7 Å². The van der Waals surface area contributed by atoms with E-state index in [-0.39, 0.29) is 5.91 Å². The number of nitrogens with one attached hydrogen (secondary N) is 2. The lowest BCUT2D eigenvalue weighted by Gasteiger charge is -2.16. The van der Waals surface area contributed by atoms with Gasteiger partial charge in [-0.2, -0.15) is 5.10 Å². The quantitative estimate of drug-likeness (QED) is 0.632. The van der Waals surface area contributed by atoms with E-state index in [9.17, 15) is 4.79 Å². The molecular formula is C19H23N3O2. The molecule has 0 fully saturated rings. The Morgan fingerprint density at radius 3 is 2.46 bits per heavy atom. The predicted molar refractivity (Wildman–Crippen MR) is 97.6 cm³/mol. The second kappa shape index (κ2) is 8.15. The van der Waals surface area contributed by atoms with Gasteiger partial charge < -0.3 is 10.1 Å². The van der Waals surface area contributed by atoms with Gasteiger partial charge in [-0.3, -0.25) is 4.79 Å². The van der Waals surface area contributed by atoms with Gasteiger partial charge in [0.25, 0.3) is 5.91 Å². The van der Waals surface area contributed by atoms with Gasteiger partial charge in [-0.05, 0) is 38.5 Å². The third-order valence-corrected chi connectivity index (χ3v) is 3.68. The molecule has 2 N–H and O–H groups in total. The van der Waals surface area contributed by atoms with Crippen LogP contribution in [0.15, 0.2) is 53.6 Å². The number of carbonyl (C=O) groups is 1. The lowest BCUT2D eigenvalue weighted by molar-refractivity contribution is -0.121. The van der Waals surface area contributed by atoms with Crippen LogP contribution in [-0.4, -0.2) is 24.8 Å². The van der Waals surface area contributed by atoms with Crippen LogP contribution < -0.4 is 15.5 Å². The molecule has 0 aliphatic heterocycles. The highest BCUT2D eigenvalue weighted by molar-refractivity contribution is 5.99. The van der Waals surface area contributed by atoms with Gasteiger partial charge >= 0.3 is 0 Å². The Kier molecular flexibility index (Phi) is 5.95. The summed E-state index contributed by atoms with van der Waals surface area (Å²) < 4.78 is 5.27. The van der Waals surface area contributed by atoms with E-state index in [1.807, 2.05) is 62.4 Å². The van der Waals surface area contributed by atoms with Crippen molar-refractivity contribution in [1.82, 2.24) is 5.43 Å². The number of amides is 1. The van der Waals surface area contributed by atoms with E-state index >= 15 is 0 Å². The van der Waals surface area contributed by atoms with Gasteiger partial charge in [-0.1, -0.05) is 42.0 Å². The van der Waals surface area contributed by atoms with Crippen LogP contribution in [0.4, 0.5) is 5.69 Å². The molecule has 0 saturated carbocycles. The molecule has 0 heterocycles. The van der Waals surface area contributed by atoms with Gasteiger partial charge in [-0.25, -0.2) is 5.43 Å². The number of para-hydroxylation sites is 2. The minimum Gasteiger partial charge on any atom is -0.495 e. The molecule has 1 amide bonds. The predicted octanol–water partition coefficient (Wildman–Crippen LogP) is 3.34. The molecule has 0 aliphatic rings. The summed E-state index contributed by atoms with van der Waals surface area (Å²) in [4.78, 5) is 12.2. The average Bonchev–Trinajstić information content (AvgIpc) is 2.60. The molecule has 0 aromatic heterocycles. The molecule has 0 aliphatic carbocycles. The minimum absolute atomic E-state index is 0.215. The Bertz CT molecular complexity index is 724. The molecule has 0 saturated heterocycles. The first-order chi connectivity index (χ1) is 11.5. The number of methoxy groups -OCH3 is 1.